The molecule has 4 N–H and O–H groups in total. The van der Waals surface area contributed by atoms with Crippen molar-refractivity contribution < 1.29 is 13.9 Å². The number of carbonyl (C=O) groups excluding carboxylic acids is 1. The Morgan fingerprint density at radius 2 is 1.96 bits per heavy atom. The molecule has 0 unspecified atom stereocenters. The molecule has 0 atom stereocenters. The van der Waals surface area contributed by atoms with E-state index in [2.05, 4.69) is 26.3 Å². The second-order valence-corrected chi connectivity index (χ2v) is 6.49. The number of methoxy groups -OCH3 is 1. The minimum Gasteiger partial charge on any atom is -0.360 e. The molecular weight excluding hydrogens is 361 g/mol. The predicted octanol–water partition coefficient (Wildman–Crippen LogP) is 3.35. The second kappa shape index (κ2) is 15.9. The van der Waals surface area contributed by atoms with E-state index in [9.17, 15) is 9.18 Å². The van der Waals surface area contributed by atoms with Gasteiger partial charge in [-0.2, -0.15) is 0 Å². The van der Waals surface area contributed by atoms with Crippen LogP contribution in [0.4, 0.5) is 10.2 Å². The van der Waals surface area contributed by atoms with Crippen molar-refractivity contribution in [1.82, 2.24) is 10.3 Å². The van der Waals surface area contributed by atoms with Crippen LogP contribution < -0.4 is 16.4 Å². The second-order valence-electron chi connectivity index (χ2n) is 6.49. The van der Waals surface area contributed by atoms with Gasteiger partial charge in [0, 0.05) is 19.6 Å². The molecule has 162 valence electrons. The Kier molecular flexibility index (Phi) is 16.0. The van der Waals surface area contributed by atoms with Gasteiger partial charge in [0.1, 0.15) is 23.2 Å². The van der Waals surface area contributed by atoms with E-state index in [1.807, 2.05) is 41.5 Å². The molecule has 1 aromatic heterocycles. The maximum Gasteiger partial charge on any atom is 0.212 e. The summed E-state index contributed by atoms with van der Waals surface area (Å²) in [5.41, 5.74) is 4.49. The van der Waals surface area contributed by atoms with Gasteiger partial charge < -0.3 is 21.1 Å². The zero-order valence-electron chi connectivity index (χ0n) is 18.6. The third kappa shape index (κ3) is 12.3. The SMILES string of the molecule is CCCc1nc(NC(C)(C)OC)ccc1F.CCN=C(NC=O)C(C)C.CN. The fourth-order valence-corrected chi connectivity index (χ4v) is 1.95. The third-order valence-electron chi connectivity index (χ3n) is 3.43. The molecule has 7 nitrogen and oxygen atoms in total. The number of nitrogens with two attached hydrogens (primary N) is 1. The number of pyridine rings is 1. The number of aromatic nitrogens is 1. The Balaban J connectivity index is 0. The van der Waals surface area contributed by atoms with Gasteiger partial charge in [-0.05, 0) is 46.4 Å². The van der Waals surface area contributed by atoms with Crippen LogP contribution in [0.1, 0.15) is 53.7 Å². The minimum atomic E-state index is -0.506. The van der Waals surface area contributed by atoms with Crippen LogP contribution in [0.5, 0.6) is 0 Å². The first-order valence-electron chi connectivity index (χ1n) is 9.51. The summed E-state index contributed by atoms with van der Waals surface area (Å²) in [5, 5.41) is 5.65. The van der Waals surface area contributed by atoms with Gasteiger partial charge >= 0.3 is 0 Å². The molecular formula is C20H38FN5O2. The van der Waals surface area contributed by atoms with Crippen LogP contribution in [0.3, 0.4) is 0 Å². The van der Waals surface area contributed by atoms with Crippen molar-refractivity contribution in [2.45, 2.75) is 60.1 Å². The van der Waals surface area contributed by atoms with Gasteiger partial charge in [0.05, 0.1) is 5.69 Å². The zero-order valence-corrected chi connectivity index (χ0v) is 18.6. The lowest BCUT2D eigenvalue weighted by Crippen LogP contribution is -2.33. The van der Waals surface area contributed by atoms with Crippen LogP contribution in [0.25, 0.3) is 0 Å². The van der Waals surface area contributed by atoms with Gasteiger partial charge in [0.25, 0.3) is 0 Å². The van der Waals surface area contributed by atoms with E-state index in [0.29, 0.717) is 36.8 Å². The summed E-state index contributed by atoms with van der Waals surface area (Å²) in [6, 6.07) is 3.06. The molecule has 0 aliphatic heterocycles. The molecule has 1 rings (SSSR count). The maximum atomic E-state index is 13.3. The van der Waals surface area contributed by atoms with E-state index < -0.39 is 5.72 Å². The molecule has 28 heavy (non-hydrogen) atoms. The largest absolute Gasteiger partial charge is 0.360 e. The molecule has 0 aliphatic carbocycles. The van der Waals surface area contributed by atoms with Crippen molar-refractivity contribution in [3.05, 3.63) is 23.6 Å². The van der Waals surface area contributed by atoms with Gasteiger partial charge in [-0.1, -0.05) is 27.2 Å². The zero-order chi connectivity index (χ0) is 22.2. The number of nitrogens with one attached hydrogen (secondary N) is 2. The molecule has 0 radical (unpaired) electrons. The van der Waals surface area contributed by atoms with Gasteiger partial charge in [0.2, 0.25) is 6.41 Å². The number of hydrogen-bond acceptors (Lipinski definition) is 6. The highest BCUT2D eigenvalue weighted by Gasteiger charge is 2.16. The average molecular weight is 400 g/mol. The highest BCUT2D eigenvalue weighted by molar-refractivity contribution is 5.91. The molecule has 0 aromatic carbocycles. The fraction of sp³-hybridized carbons (Fsp3) is 0.650. The average Bonchev–Trinajstić information content (AvgIpc) is 2.66. The fourth-order valence-electron chi connectivity index (χ4n) is 1.95. The number of ether oxygens (including phenoxy) is 1. The van der Waals surface area contributed by atoms with Crippen molar-refractivity contribution in [2.75, 3.05) is 26.0 Å². The predicted molar refractivity (Wildman–Crippen MR) is 115 cm³/mol. The maximum absolute atomic E-state index is 13.3. The third-order valence-corrected chi connectivity index (χ3v) is 3.43. The van der Waals surface area contributed by atoms with Crippen molar-refractivity contribution in [3.63, 3.8) is 0 Å². The number of halogens is 1. The van der Waals surface area contributed by atoms with Gasteiger partial charge in [0.15, 0.2) is 0 Å². The molecule has 0 saturated heterocycles. The monoisotopic (exact) mass is 399 g/mol. The van der Waals surface area contributed by atoms with E-state index in [1.54, 1.807) is 13.2 Å². The molecule has 0 bridgehead atoms. The topological polar surface area (TPSA) is 102 Å². The van der Waals surface area contributed by atoms with Crippen LogP contribution in [-0.2, 0) is 16.0 Å². The number of rotatable bonds is 8. The van der Waals surface area contributed by atoms with Crippen molar-refractivity contribution in [3.8, 4) is 0 Å². The summed E-state index contributed by atoms with van der Waals surface area (Å²) in [4.78, 5) is 18.3. The summed E-state index contributed by atoms with van der Waals surface area (Å²) in [6.45, 7) is 12.4. The molecule has 1 heterocycles. The van der Waals surface area contributed by atoms with E-state index in [1.165, 1.54) is 13.1 Å². The van der Waals surface area contributed by atoms with Crippen LogP contribution >= 0.6 is 0 Å². The van der Waals surface area contributed by atoms with Gasteiger partial charge in [-0.3, -0.25) is 9.79 Å². The number of carbonyl (C=O) groups is 1. The summed E-state index contributed by atoms with van der Waals surface area (Å²) in [5.74, 6) is 1.45. The summed E-state index contributed by atoms with van der Waals surface area (Å²) >= 11 is 0. The number of amidine groups is 1. The van der Waals surface area contributed by atoms with Gasteiger partial charge in [-0.15, -0.1) is 0 Å². The van der Waals surface area contributed by atoms with E-state index in [0.717, 1.165) is 12.3 Å². The molecule has 8 heteroatoms. The normalized spacial score (nSPS) is 11.0. The minimum absolute atomic E-state index is 0.248. The quantitative estimate of drug-likeness (QED) is 0.269. The lowest BCUT2D eigenvalue weighted by molar-refractivity contribution is -0.108. The molecule has 0 spiro atoms. The van der Waals surface area contributed by atoms with Crippen molar-refractivity contribution >= 4 is 18.1 Å². The highest BCUT2D eigenvalue weighted by atomic mass is 19.1. The number of aryl methyl sites for hydroxylation is 1. The Morgan fingerprint density at radius 3 is 2.39 bits per heavy atom. The van der Waals surface area contributed by atoms with E-state index >= 15 is 0 Å². The van der Waals surface area contributed by atoms with E-state index in [-0.39, 0.29) is 5.82 Å². The number of amides is 1. The molecule has 0 saturated carbocycles. The molecule has 1 aromatic rings. The number of aliphatic imine (C=N–C) groups is 1. The van der Waals surface area contributed by atoms with Gasteiger partial charge in [-0.25, -0.2) is 9.37 Å². The van der Waals surface area contributed by atoms with Crippen LogP contribution in [0.2, 0.25) is 0 Å². The lowest BCUT2D eigenvalue weighted by atomic mass is 10.2. The summed E-state index contributed by atoms with van der Waals surface area (Å²) in [7, 11) is 3.11. The first kappa shape index (κ1) is 28.2. The molecule has 0 fully saturated rings. The number of hydrogen-bond donors (Lipinski definition) is 3. The Bertz CT molecular complexity index is 578. The van der Waals surface area contributed by atoms with Crippen molar-refractivity contribution in [2.24, 2.45) is 16.6 Å². The lowest BCUT2D eigenvalue weighted by Gasteiger charge is -2.25. The molecule has 0 aliphatic rings. The Morgan fingerprint density at radius 1 is 1.36 bits per heavy atom. The highest BCUT2D eigenvalue weighted by Crippen LogP contribution is 2.16. The standard InChI is InChI=1S/C12H19FN2O.C7H14N2O.CH5N/c1-5-6-10-9(13)7-8-11(14-10)15-12(2,3)16-4;1-4-8-7(6(2)3)9-5-10;1-2/h7-8H,5-6H2,1-4H3,(H,14,15);5-6H,4H2,1-3H3,(H,8,9,10);2H2,1H3. The summed E-state index contributed by atoms with van der Waals surface area (Å²) in [6.07, 6.45) is 2.18. The Labute approximate surface area is 169 Å². The van der Waals surface area contributed by atoms with Crippen LogP contribution in [0.15, 0.2) is 17.1 Å². The molecule has 1 amide bonds. The number of anilines is 1. The van der Waals surface area contributed by atoms with E-state index in [4.69, 9.17) is 4.74 Å². The van der Waals surface area contributed by atoms with Crippen LogP contribution in [-0.4, -0.2) is 43.7 Å². The smallest absolute Gasteiger partial charge is 0.212 e. The summed E-state index contributed by atoms with van der Waals surface area (Å²) < 4.78 is 18.6. The van der Waals surface area contributed by atoms with Crippen molar-refractivity contribution in [1.29, 1.82) is 0 Å². The van der Waals surface area contributed by atoms with Crippen LogP contribution in [0, 0.1) is 11.7 Å². The first-order valence-corrected chi connectivity index (χ1v) is 9.51. The first-order chi connectivity index (χ1) is 13.2. The number of nitrogens with zero attached hydrogens (tertiary/aromatic N) is 2. The Hall–Kier alpha value is -2.06.